The molecule has 4 nitrogen and oxygen atoms in total. The molecule has 118 valence electrons. The van der Waals surface area contributed by atoms with E-state index in [-0.39, 0.29) is 5.91 Å². The van der Waals surface area contributed by atoms with E-state index in [1.807, 2.05) is 18.0 Å². The molecule has 0 bridgehead atoms. The highest BCUT2D eigenvalue weighted by Crippen LogP contribution is 2.28. The first-order chi connectivity index (χ1) is 10.6. The Kier molecular flexibility index (Phi) is 5.97. The van der Waals surface area contributed by atoms with E-state index in [9.17, 15) is 10.1 Å². The van der Waals surface area contributed by atoms with Gasteiger partial charge in [-0.05, 0) is 57.7 Å². The predicted octanol–water partition coefficient (Wildman–Crippen LogP) is 2.50. The maximum absolute atomic E-state index is 12.1. The fourth-order valence-electron chi connectivity index (χ4n) is 3.07. The molecule has 1 amide bonds. The predicted molar refractivity (Wildman–Crippen MR) is 87.2 cm³/mol. The number of hydrogen-bond donors (Lipinski definition) is 1. The molecule has 1 fully saturated rings. The number of carbonyl (C=O) groups is 1. The first kappa shape index (κ1) is 16.5. The molecule has 0 aliphatic heterocycles. The Labute approximate surface area is 133 Å². The van der Waals surface area contributed by atoms with E-state index in [4.69, 9.17) is 0 Å². The Hall–Kier alpha value is -1.86. The summed E-state index contributed by atoms with van der Waals surface area (Å²) in [6.07, 6.45) is 5.67. The van der Waals surface area contributed by atoms with Crippen LogP contribution in [0.1, 0.15) is 37.7 Å². The summed E-state index contributed by atoms with van der Waals surface area (Å²) in [5, 5.41) is 12.2. The minimum absolute atomic E-state index is 0.0364. The minimum Gasteiger partial charge on any atom is -0.337 e. The Morgan fingerprint density at radius 2 is 2.00 bits per heavy atom. The smallest absolute Gasteiger partial charge is 0.235 e. The lowest BCUT2D eigenvalue weighted by Crippen LogP contribution is -2.48. The fraction of sp³-hybridized carbons (Fsp3) is 0.556. The van der Waals surface area contributed by atoms with Gasteiger partial charge in [-0.25, -0.2) is 0 Å². The van der Waals surface area contributed by atoms with Crippen LogP contribution in [0.2, 0.25) is 0 Å². The van der Waals surface area contributed by atoms with Crippen molar-refractivity contribution in [1.29, 1.82) is 5.26 Å². The zero-order valence-electron chi connectivity index (χ0n) is 13.3. The number of rotatable bonds is 7. The summed E-state index contributed by atoms with van der Waals surface area (Å²) in [6.45, 7) is 1.24. The van der Waals surface area contributed by atoms with Crippen LogP contribution in [-0.4, -0.2) is 36.5 Å². The van der Waals surface area contributed by atoms with E-state index in [1.165, 1.54) is 5.56 Å². The summed E-state index contributed by atoms with van der Waals surface area (Å²) < 4.78 is 0. The van der Waals surface area contributed by atoms with E-state index in [0.29, 0.717) is 6.54 Å². The van der Waals surface area contributed by atoms with Gasteiger partial charge in [-0.1, -0.05) is 30.3 Å². The Balaban J connectivity index is 1.69. The molecule has 0 aromatic heterocycles. The van der Waals surface area contributed by atoms with E-state index >= 15 is 0 Å². The molecule has 0 atom stereocenters. The number of nitriles is 1. The summed E-state index contributed by atoms with van der Waals surface area (Å²) in [4.78, 5) is 14.1. The molecule has 0 radical (unpaired) electrons. The highest BCUT2D eigenvalue weighted by atomic mass is 16.2. The number of aryl methyl sites for hydroxylation is 1. The summed E-state index contributed by atoms with van der Waals surface area (Å²) in [7, 11) is 1.96. The normalized spacial score (nSPS) is 16.4. The van der Waals surface area contributed by atoms with Gasteiger partial charge in [0.25, 0.3) is 0 Å². The molecule has 1 aromatic rings. The van der Waals surface area contributed by atoms with Crippen molar-refractivity contribution in [3.63, 3.8) is 0 Å². The number of amides is 1. The van der Waals surface area contributed by atoms with Gasteiger partial charge >= 0.3 is 0 Å². The fourth-order valence-corrected chi connectivity index (χ4v) is 3.07. The third-order valence-electron chi connectivity index (χ3n) is 4.31. The number of hydrogen-bond acceptors (Lipinski definition) is 3. The van der Waals surface area contributed by atoms with Crippen molar-refractivity contribution in [2.45, 2.75) is 44.1 Å². The molecule has 0 saturated heterocycles. The second-order valence-electron chi connectivity index (χ2n) is 6.28. The van der Waals surface area contributed by atoms with Crippen LogP contribution in [0.3, 0.4) is 0 Å². The molecule has 1 aromatic carbocycles. The second kappa shape index (κ2) is 7.95. The van der Waals surface area contributed by atoms with Crippen molar-refractivity contribution in [1.82, 2.24) is 10.2 Å². The molecule has 0 unspecified atom stereocenters. The average molecular weight is 299 g/mol. The first-order valence-corrected chi connectivity index (χ1v) is 8.08. The van der Waals surface area contributed by atoms with E-state index in [2.05, 4.69) is 35.7 Å². The van der Waals surface area contributed by atoms with Crippen molar-refractivity contribution >= 4 is 5.91 Å². The lowest BCUT2D eigenvalue weighted by atomic mass is 10.00. The van der Waals surface area contributed by atoms with Gasteiger partial charge in [0.15, 0.2) is 0 Å². The van der Waals surface area contributed by atoms with Crippen molar-refractivity contribution in [3.05, 3.63) is 35.9 Å². The molecular weight excluding hydrogens is 274 g/mol. The lowest BCUT2D eigenvalue weighted by molar-refractivity contribution is -0.123. The van der Waals surface area contributed by atoms with Gasteiger partial charge in [-0.15, -0.1) is 0 Å². The number of likely N-dealkylation sites (N-methyl/N-ethyl adjacent to an activating group) is 1. The van der Waals surface area contributed by atoms with Crippen LogP contribution in [0.25, 0.3) is 0 Å². The van der Waals surface area contributed by atoms with Crippen LogP contribution >= 0.6 is 0 Å². The van der Waals surface area contributed by atoms with Crippen LogP contribution in [-0.2, 0) is 11.2 Å². The van der Waals surface area contributed by atoms with Crippen molar-refractivity contribution < 1.29 is 4.79 Å². The van der Waals surface area contributed by atoms with Gasteiger partial charge in [0.1, 0.15) is 5.54 Å². The quantitative estimate of drug-likeness (QED) is 0.841. The maximum atomic E-state index is 12.1. The standard InChI is InChI=1S/C18H25N3O/c1-21(13-7-10-16-8-3-2-4-9-16)14-17(22)20-18(15-19)11-5-6-12-18/h2-4,8-9H,5-7,10-14H2,1H3,(H,20,22). The zero-order valence-corrected chi connectivity index (χ0v) is 13.3. The first-order valence-electron chi connectivity index (χ1n) is 8.08. The topological polar surface area (TPSA) is 56.1 Å². The highest BCUT2D eigenvalue weighted by molar-refractivity contribution is 5.79. The van der Waals surface area contributed by atoms with E-state index < -0.39 is 5.54 Å². The molecule has 4 heteroatoms. The van der Waals surface area contributed by atoms with Gasteiger partial charge in [-0.3, -0.25) is 9.69 Å². The largest absolute Gasteiger partial charge is 0.337 e. The second-order valence-corrected chi connectivity index (χ2v) is 6.28. The van der Waals surface area contributed by atoms with Crippen molar-refractivity contribution in [2.75, 3.05) is 20.1 Å². The molecule has 2 rings (SSSR count). The van der Waals surface area contributed by atoms with E-state index in [0.717, 1.165) is 45.1 Å². The van der Waals surface area contributed by atoms with Crippen LogP contribution in [0.15, 0.2) is 30.3 Å². The average Bonchev–Trinajstić information content (AvgIpc) is 2.97. The van der Waals surface area contributed by atoms with Crippen molar-refractivity contribution in [2.24, 2.45) is 0 Å². The van der Waals surface area contributed by atoms with Gasteiger partial charge in [0.2, 0.25) is 5.91 Å². The molecule has 22 heavy (non-hydrogen) atoms. The summed E-state index contributed by atoms with van der Waals surface area (Å²) in [5.41, 5.74) is 0.719. The Morgan fingerprint density at radius 1 is 1.32 bits per heavy atom. The Morgan fingerprint density at radius 3 is 2.64 bits per heavy atom. The molecule has 1 aliphatic carbocycles. The molecule has 1 N–H and O–H groups in total. The van der Waals surface area contributed by atoms with Crippen LogP contribution in [0.5, 0.6) is 0 Å². The molecule has 1 saturated carbocycles. The SMILES string of the molecule is CN(CCCc1ccccc1)CC(=O)NC1(C#N)CCCC1. The van der Waals surface area contributed by atoms with Gasteiger partial charge in [0.05, 0.1) is 12.6 Å². The molecular formula is C18H25N3O. The summed E-state index contributed by atoms with van der Waals surface area (Å²) in [6, 6.07) is 12.7. The molecule has 1 aliphatic rings. The summed E-state index contributed by atoms with van der Waals surface area (Å²) >= 11 is 0. The number of nitrogens with zero attached hydrogens (tertiary/aromatic N) is 2. The molecule has 0 heterocycles. The molecule has 0 spiro atoms. The van der Waals surface area contributed by atoms with Gasteiger partial charge in [-0.2, -0.15) is 5.26 Å². The van der Waals surface area contributed by atoms with Crippen molar-refractivity contribution in [3.8, 4) is 6.07 Å². The van der Waals surface area contributed by atoms with Gasteiger partial charge in [0, 0.05) is 0 Å². The van der Waals surface area contributed by atoms with Crippen LogP contribution in [0.4, 0.5) is 0 Å². The Bertz CT molecular complexity index is 515. The summed E-state index contributed by atoms with van der Waals surface area (Å²) in [5.74, 6) is -0.0364. The third-order valence-corrected chi connectivity index (χ3v) is 4.31. The zero-order chi connectivity index (χ0) is 15.8. The highest BCUT2D eigenvalue weighted by Gasteiger charge is 2.35. The number of benzene rings is 1. The number of carbonyl (C=O) groups excluding carboxylic acids is 1. The van der Waals surface area contributed by atoms with E-state index in [1.54, 1.807) is 0 Å². The van der Waals surface area contributed by atoms with Gasteiger partial charge < -0.3 is 5.32 Å². The monoisotopic (exact) mass is 299 g/mol. The number of nitrogens with one attached hydrogen (secondary N) is 1. The van der Waals surface area contributed by atoms with Crippen LogP contribution < -0.4 is 5.32 Å². The lowest BCUT2D eigenvalue weighted by Gasteiger charge is -2.24. The maximum Gasteiger partial charge on any atom is 0.235 e. The minimum atomic E-state index is -0.609. The third kappa shape index (κ3) is 4.85. The van der Waals surface area contributed by atoms with Crippen LogP contribution in [0, 0.1) is 11.3 Å².